The maximum absolute atomic E-state index is 11.9. The number of benzene rings is 1. The van der Waals surface area contributed by atoms with Crippen LogP contribution in [0.2, 0.25) is 5.02 Å². The molecule has 2 aromatic rings. The quantitative estimate of drug-likeness (QED) is 0.726. The number of hydrogen-bond acceptors (Lipinski definition) is 4. The van der Waals surface area contributed by atoms with Gasteiger partial charge in [0.25, 0.3) is 0 Å². The van der Waals surface area contributed by atoms with Gasteiger partial charge < -0.3 is 15.2 Å². The van der Waals surface area contributed by atoms with Crippen molar-refractivity contribution in [2.24, 2.45) is 0 Å². The van der Waals surface area contributed by atoms with Gasteiger partial charge in [0.15, 0.2) is 0 Å². The molecule has 1 aromatic carbocycles. The highest BCUT2D eigenvalue weighted by atomic mass is 35.5. The lowest BCUT2D eigenvalue weighted by atomic mass is 10.1. The van der Waals surface area contributed by atoms with Crippen molar-refractivity contribution in [1.29, 1.82) is 0 Å². The molecule has 0 spiro atoms. The molecule has 0 radical (unpaired) electrons. The van der Waals surface area contributed by atoms with Gasteiger partial charge in [-0.1, -0.05) is 23.7 Å². The molecule has 1 aromatic heterocycles. The molecule has 0 fully saturated rings. The van der Waals surface area contributed by atoms with Crippen molar-refractivity contribution in [3.63, 3.8) is 0 Å². The Kier molecular flexibility index (Phi) is 6.58. The number of carbonyl (C=O) groups excluding carboxylic acids is 1. The lowest BCUT2D eigenvalue weighted by Gasteiger charge is -2.07. The second kappa shape index (κ2) is 8.67. The van der Waals surface area contributed by atoms with Gasteiger partial charge in [-0.15, -0.1) is 0 Å². The molecule has 0 saturated heterocycles. The van der Waals surface area contributed by atoms with Gasteiger partial charge in [-0.25, -0.2) is 4.68 Å². The summed E-state index contributed by atoms with van der Waals surface area (Å²) in [6.45, 7) is 3.05. The summed E-state index contributed by atoms with van der Waals surface area (Å²) in [7, 11) is 0. The third-order valence-electron chi connectivity index (χ3n) is 3.16. The van der Waals surface area contributed by atoms with E-state index in [0.29, 0.717) is 36.3 Å². The summed E-state index contributed by atoms with van der Waals surface area (Å²) in [4.78, 5) is 11.9. The summed E-state index contributed by atoms with van der Waals surface area (Å²) in [5.74, 6) is 0.380. The van der Waals surface area contributed by atoms with Crippen molar-refractivity contribution in [2.45, 2.75) is 19.9 Å². The fourth-order valence-corrected chi connectivity index (χ4v) is 2.28. The average molecular weight is 338 g/mol. The van der Waals surface area contributed by atoms with Crippen molar-refractivity contribution < 1.29 is 14.6 Å². The predicted molar refractivity (Wildman–Crippen MR) is 89.5 cm³/mol. The molecule has 2 N–H and O–H groups in total. The van der Waals surface area contributed by atoms with E-state index in [2.05, 4.69) is 10.4 Å². The molecule has 0 aliphatic heterocycles. The van der Waals surface area contributed by atoms with Crippen LogP contribution < -0.4 is 5.32 Å². The Labute approximate surface area is 140 Å². The van der Waals surface area contributed by atoms with E-state index in [-0.39, 0.29) is 18.9 Å². The van der Waals surface area contributed by atoms with Crippen LogP contribution in [0.3, 0.4) is 0 Å². The highest BCUT2D eigenvalue weighted by Crippen LogP contribution is 2.24. The Bertz CT molecular complexity index is 658. The largest absolute Gasteiger partial charge is 0.394 e. The zero-order chi connectivity index (χ0) is 16.7. The summed E-state index contributed by atoms with van der Waals surface area (Å²) in [6.07, 6.45) is 0.268. The Balaban J connectivity index is 2.16. The molecule has 0 atom stereocenters. The molecule has 124 valence electrons. The molecule has 0 aliphatic rings. The smallest absolute Gasteiger partial charge is 0.227 e. The van der Waals surface area contributed by atoms with Crippen LogP contribution in [0.1, 0.15) is 13.3 Å². The van der Waals surface area contributed by atoms with Gasteiger partial charge in [0.1, 0.15) is 5.82 Å². The molecule has 7 heteroatoms. The second-order valence-corrected chi connectivity index (χ2v) is 5.30. The average Bonchev–Trinajstić information content (AvgIpc) is 2.91. The molecule has 0 aliphatic carbocycles. The van der Waals surface area contributed by atoms with Gasteiger partial charge in [-0.2, -0.15) is 5.10 Å². The summed E-state index contributed by atoms with van der Waals surface area (Å²) in [5.41, 5.74) is 1.53. The number of carbonyl (C=O) groups is 1. The lowest BCUT2D eigenvalue weighted by Crippen LogP contribution is -2.18. The molecule has 23 heavy (non-hydrogen) atoms. The van der Waals surface area contributed by atoms with Crippen LogP contribution in [0.25, 0.3) is 11.3 Å². The first kappa shape index (κ1) is 17.5. The Morgan fingerprint density at radius 1 is 1.43 bits per heavy atom. The summed E-state index contributed by atoms with van der Waals surface area (Å²) >= 11 is 6.00. The number of halogens is 1. The number of aliphatic hydroxyl groups is 1. The monoisotopic (exact) mass is 337 g/mol. The third kappa shape index (κ3) is 5.06. The number of nitrogens with one attached hydrogen (secondary N) is 1. The summed E-state index contributed by atoms with van der Waals surface area (Å²) in [6, 6.07) is 9.07. The van der Waals surface area contributed by atoms with E-state index in [1.165, 1.54) is 0 Å². The number of nitrogens with zero attached hydrogens (tertiary/aromatic N) is 2. The van der Waals surface area contributed by atoms with E-state index in [9.17, 15) is 4.79 Å². The molecular weight excluding hydrogens is 318 g/mol. The molecular formula is C16H20ClN3O3. The maximum Gasteiger partial charge on any atom is 0.227 e. The van der Waals surface area contributed by atoms with E-state index < -0.39 is 0 Å². The minimum absolute atomic E-state index is 0.0710. The van der Waals surface area contributed by atoms with Crippen LogP contribution in [0.5, 0.6) is 0 Å². The van der Waals surface area contributed by atoms with Gasteiger partial charge in [0.2, 0.25) is 5.91 Å². The van der Waals surface area contributed by atoms with E-state index in [1.807, 2.05) is 19.1 Å². The van der Waals surface area contributed by atoms with Crippen molar-refractivity contribution in [3.05, 3.63) is 35.4 Å². The van der Waals surface area contributed by atoms with Gasteiger partial charge in [-0.05, 0) is 19.1 Å². The van der Waals surface area contributed by atoms with Crippen molar-refractivity contribution >= 4 is 23.3 Å². The number of amides is 1. The Morgan fingerprint density at radius 2 is 2.26 bits per heavy atom. The molecule has 1 amide bonds. The zero-order valence-corrected chi connectivity index (χ0v) is 13.7. The van der Waals surface area contributed by atoms with Gasteiger partial charge >= 0.3 is 0 Å². The van der Waals surface area contributed by atoms with Gasteiger partial charge in [0.05, 0.1) is 31.9 Å². The van der Waals surface area contributed by atoms with Crippen LogP contribution in [-0.4, -0.2) is 40.6 Å². The van der Waals surface area contributed by atoms with Crippen molar-refractivity contribution in [1.82, 2.24) is 9.78 Å². The predicted octanol–water partition coefficient (Wildman–Crippen LogP) is 2.56. The van der Waals surface area contributed by atoms with Crippen LogP contribution in [-0.2, 0) is 16.1 Å². The SMILES string of the molecule is CCOCCC(=O)Nc1cc(-c2cccc(Cl)c2)nn1CCO. The molecule has 2 rings (SSSR count). The van der Waals surface area contributed by atoms with Crippen molar-refractivity contribution in [3.8, 4) is 11.3 Å². The minimum atomic E-state index is -0.157. The number of ether oxygens (including phenoxy) is 1. The van der Waals surface area contributed by atoms with Crippen LogP contribution in [0.4, 0.5) is 5.82 Å². The first-order valence-corrected chi connectivity index (χ1v) is 7.84. The highest BCUT2D eigenvalue weighted by molar-refractivity contribution is 6.30. The van der Waals surface area contributed by atoms with E-state index in [1.54, 1.807) is 22.9 Å². The number of hydrogen-bond donors (Lipinski definition) is 2. The molecule has 6 nitrogen and oxygen atoms in total. The van der Waals surface area contributed by atoms with Crippen molar-refractivity contribution in [2.75, 3.05) is 25.1 Å². The minimum Gasteiger partial charge on any atom is -0.394 e. The number of anilines is 1. The van der Waals surface area contributed by atoms with Gasteiger partial charge in [0, 0.05) is 23.3 Å². The number of aliphatic hydroxyl groups excluding tert-OH is 1. The van der Waals surface area contributed by atoms with E-state index in [4.69, 9.17) is 21.4 Å². The Morgan fingerprint density at radius 3 is 2.96 bits per heavy atom. The van der Waals surface area contributed by atoms with E-state index in [0.717, 1.165) is 5.56 Å². The number of rotatable bonds is 8. The molecule has 1 heterocycles. The van der Waals surface area contributed by atoms with Gasteiger partial charge in [-0.3, -0.25) is 4.79 Å². The summed E-state index contributed by atoms with van der Waals surface area (Å²) < 4.78 is 6.73. The highest BCUT2D eigenvalue weighted by Gasteiger charge is 2.12. The fourth-order valence-electron chi connectivity index (χ4n) is 2.09. The normalized spacial score (nSPS) is 10.7. The molecule has 0 unspecified atom stereocenters. The Hall–Kier alpha value is -1.89. The van der Waals surface area contributed by atoms with Crippen LogP contribution in [0, 0.1) is 0 Å². The third-order valence-corrected chi connectivity index (χ3v) is 3.39. The first-order valence-electron chi connectivity index (χ1n) is 7.46. The molecule has 0 bridgehead atoms. The van der Waals surface area contributed by atoms with Crippen LogP contribution >= 0.6 is 11.6 Å². The van der Waals surface area contributed by atoms with Crippen LogP contribution in [0.15, 0.2) is 30.3 Å². The second-order valence-electron chi connectivity index (χ2n) is 4.87. The topological polar surface area (TPSA) is 76.4 Å². The zero-order valence-electron chi connectivity index (χ0n) is 13.0. The van der Waals surface area contributed by atoms with E-state index >= 15 is 0 Å². The number of aromatic nitrogens is 2. The maximum atomic E-state index is 11.9. The summed E-state index contributed by atoms with van der Waals surface area (Å²) in [5, 5.41) is 17.0. The lowest BCUT2D eigenvalue weighted by molar-refractivity contribution is -0.117. The fraction of sp³-hybridized carbons (Fsp3) is 0.375. The standard InChI is InChI=1S/C16H20ClN3O3/c1-2-23-9-6-16(22)18-15-11-14(19-20(15)7-8-21)12-4-3-5-13(17)10-12/h3-5,10-11,21H,2,6-9H2,1H3,(H,18,22). The molecule has 0 saturated carbocycles. The first-order chi connectivity index (χ1) is 11.1.